The second-order valence-corrected chi connectivity index (χ2v) is 7.71. The van der Waals surface area contributed by atoms with Gasteiger partial charge in [-0.3, -0.25) is 9.69 Å². The number of carboxylic acid groups (broad SMARTS) is 1. The van der Waals surface area contributed by atoms with Gasteiger partial charge in [0.05, 0.1) is 17.8 Å². The summed E-state index contributed by atoms with van der Waals surface area (Å²) in [6.45, 7) is 8.90. The molecule has 124 valence electrons. The van der Waals surface area contributed by atoms with Crippen LogP contribution in [0.15, 0.2) is 30.6 Å². The van der Waals surface area contributed by atoms with Gasteiger partial charge >= 0.3 is 5.97 Å². The number of pyridine rings is 1. The number of aromatic nitrogens is 2. The second kappa shape index (κ2) is 5.96. The number of hydrogen-bond donors (Lipinski definition) is 1. The van der Waals surface area contributed by atoms with E-state index in [1.54, 1.807) is 0 Å². The highest BCUT2D eigenvalue weighted by molar-refractivity contribution is 5.70. The van der Waals surface area contributed by atoms with Crippen LogP contribution in [0.25, 0.3) is 5.65 Å². The van der Waals surface area contributed by atoms with Crippen molar-refractivity contribution in [3.63, 3.8) is 0 Å². The van der Waals surface area contributed by atoms with Gasteiger partial charge in [-0.1, -0.05) is 26.8 Å². The van der Waals surface area contributed by atoms with Crippen molar-refractivity contribution in [1.82, 2.24) is 14.3 Å². The van der Waals surface area contributed by atoms with E-state index in [0.29, 0.717) is 12.5 Å². The highest BCUT2D eigenvalue weighted by Gasteiger charge is 2.37. The Morgan fingerprint density at radius 1 is 1.35 bits per heavy atom. The number of piperidine rings is 1. The van der Waals surface area contributed by atoms with E-state index < -0.39 is 5.97 Å². The van der Waals surface area contributed by atoms with E-state index in [4.69, 9.17) is 0 Å². The third-order valence-electron chi connectivity index (χ3n) is 4.98. The summed E-state index contributed by atoms with van der Waals surface area (Å²) in [5.74, 6) is -0.578. The molecule has 2 atom stereocenters. The molecule has 3 rings (SSSR count). The van der Waals surface area contributed by atoms with Crippen LogP contribution in [0.3, 0.4) is 0 Å². The number of carbonyl (C=O) groups is 1. The molecule has 2 unspecified atom stereocenters. The van der Waals surface area contributed by atoms with Gasteiger partial charge in [-0.2, -0.15) is 0 Å². The summed E-state index contributed by atoms with van der Waals surface area (Å²) in [6, 6.07) is 5.95. The van der Waals surface area contributed by atoms with Crippen molar-refractivity contribution >= 4 is 11.6 Å². The van der Waals surface area contributed by atoms with Gasteiger partial charge in [0.2, 0.25) is 0 Å². The first-order chi connectivity index (χ1) is 10.8. The van der Waals surface area contributed by atoms with Crippen molar-refractivity contribution in [2.75, 3.05) is 13.1 Å². The molecular weight excluding hydrogens is 290 g/mol. The summed E-state index contributed by atoms with van der Waals surface area (Å²) >= 11 is 0. The minimum Gasteiger partial charge on any atom is -0.481 e. The number of carboxylic acids is 1. The van der Waals surface area contributed by atoms with Crippen LogP contribution >= 0.6 is 0 Å². The lowest BCUT2D eigenvalue weighted by molar-refractivity contribution is -0.145. The highest BCUT2D eigenvalue weighted by Crippen LogP contribution is 2.36. The number of hydrogen-bond acceptors (Lipinski definition) is 3. The Labute approximate surface area is 136 Å². The largest absolute Gasteiger partial charge is 0.481 e. The average Bonchev–Trinajstić information content (AvgIpc) is 2.89. The van der Waals surface area contributed by atoms with Crippen LogP contribution in [0.4, 0.5) is 0 Å². The van der Waals surface area contributed by atoms with Crippen LogP contribution in [-0.2, 0) is 11.3 Å². The number of imidazole rings is 1. The predicted octanol–water partition coefficient (Wildman–Crippen LogP) is 2.90. The molecule has 0 radical (unpaired) electrons. The number of fused-ring (bicyclic) bond motifs is 1. The zero-order valence-electron chi connectivity index (χ0n) is 14.1. The van der Waals surface area contributed by atoms with E-state index >= 15 is 0 Å². The molecule has 0 aliphatic carbocycles. The van der Waals surface area contributed by atoms with Gasteiger partial charge < -0.3 is 9.51 Å². The van der Waals surface area contributed by atoms with Crippen LogP contribution in [0.1, 0.15) is 32.9 Å². The highest BCUT2D eigenvalue weighted by atomic mass is 16.4. The van der Waals surface area contributed by atoms with Crippen molar-refractivity contribution in [2.45, 2.75) is 33.7 Å². The quantitative estimate of drug-likeness (QED) is 0.946. The molecule has 1 aliphatic heterocycles. The van der Waals surface area contributed by atoms with Crippen molar-refractivity contribution in [3.8, 4) is 0 Å². The zero-order valence-corrected chi connectivity index (χ0v) is 14.1. The first kappa shape index (κ1) is 16.0. The summed E-state index contributed by atoms with van der Waals surface area (Å²) in [6.07, 6.45) is 4.67. The Morgan fingerprint density at radius 2 is 2.13 bits per heavy atom. The molecule has 0 saturated carbocycles. The van der Waals surface area contributed by atoms with E-state index in [-0.39, 0.29) is 11.3 Å². The van der Waals surface area contributed by atoms with Gasteiger partial charge in [0.15, 0.2) is 0 Å². The van der Waals surface area contributed by atoms with E-state index in [1.165, 1.54) is 0 Å². The smallest absolute Gasteiger partial charge is 0.307 e. The Morgan fingerprint density at radius 3 is 2.83 bits per heavy atom. The number of rotatable bonds is 3. The molecule has 5 nitrogen and oxygen atoms in total. The zero-order chi connectivity index (χ0) is 16.6. The molecule has 1 N–H and O–H groups in total. The minimum absolute atomic E-state index is 0.117. The Hall–Kier alpha value is -1.88. The summed E-state index contributed by atoms with van der Waals surface area (Å²) in [5.41, 5.74) is 2.16. The fourth-order valence-corrected chi connectivity index (χ4v) is 3.46. The van der Waals surface area contributed by atoms with Gasteiger partial charge in [0.25, 0.3) is 0 Å². The van der Waals surface area contributed by atoms with Crippen molar-refractivity contribution in [3.05, 3.63) is 36.3 Å². The second-order valence-electron chi connectivity index (χ2n) is 7.71. The molecule has 0 spiro atoms. The number of nitrogens with zero attached hydrogens (tertiary/aromatic N) is 3. The molecular formula is C18H25N3O2. The fraction of sp³-hybridized carbons (Fsp3) is 0.556. The first-order valence-corrected chi connectivity index (χ1v) is 8.20. The van der Waals surface area contributed by atoms with Gasteiger partial charge in [0.1, 0.15) is 5.65 Å². The summed E-state index contributed by atoms with van der Waals surface area (Å²) in [7, 11) is 0. The van der Waals surface area contributed by atoms with E-state index in [1.807, 2.05) is 30.6 Å². The minimum atomic E-state index is -0.679. The van der Waals surface area contributed by atoms with Crippen molar-refractivity contribution in [2.24, 2.45) is 17.3 Å². The van der Waals surface area contributed by atoms with E-state index in [0.717, 1.165) is 30.9 Å². The van der Waals surface area contributed by atoms with Gasteiger partial charge in [-0.05, 0) is 29.9 Å². The van der Waals surface area contributed by atoms with E-state index in [9.17, 15) is 9.90 Å². The van der Waals surface area contributed by atoms with Crippen molar-refractivity contribution < 1.29 is 9.90 Å². The lowest BCUT2D eigenvalue weighted by Gasteiger charge is -2.42. The Kier molecular flexibility index (Phi) is 4.15. The van der Waals surface area contributed by atoms with Crippen LogP contribution in [-0.4, -0.2) is 38.4 Å². The topological polar surface area (TPSA) is 57.8 Å². The molecule has 5 heteroatoms. The third-order valence-corrected chi connectivity index (χ3v) is 4.98. The van der Waals surface area contributed by atoms with E-state index in [2.05, 4.69) is 35.1 Å². The van der Waals surface area contributed by atoms with Crippen LogP contribution < -0.4 is 0 Å². The number of aliphatic carboxylic acids is 1. The molecule has 23 heavy (non-hydrogen) atoms. The Bertz CT molecular complexity index is 702. The standard InChI is InChI=1S/C18H25N3O2/c1-18(2,3)14-8-13(17(22)23)10-20(11-14)12-15-9-19-16-6-4-5-7-21(15)16/h4-7,9,13-14H,8,10-12H2,1-3H3,(H,22,23). The van der Waals surface area contributed by atoms with Crippen molar-refractivity contribution in [1.29, 1.82) is 0 Å². The molecule has 1 fully saturated rings. The molecule has 1 saturated heterocycles. The predicted molar refractivity (Wildman–Crippen MR) is 89.2 cm³/mol. The van der Waals surface area contributed by atoms with Crippen LogP contribution in [0, 0.1) is 17.3 Å². The molecule has 1 aliphatic rings. The Balaban J connectivity index is 1.81. The molecule has 2 aromatic heterocycles. The molecule has 0 amide bonds. The number of likely N-dealkylation sites (tertiary alicyclic amines) is 1. The maximum atomic E-state index is 11.5. The maximum absolute atomic E-state index is 11.5. The third kappa shape index (κ3) is 3.39. The summed E-state index contributed by atoms with van der Waals surface area (Å²) in [5, 5.41) is 9.49. The SMILES string of the molecule is CC(C)(C)C1CC(C(=O)O)CN(Cc2cnc3ccccn23)C1. The fourth-order valence-electron chi connectivity index (χ4n) is 3.46. The monoisotopic (exact) mass is 315 g/mol. The molecule has 2 aromatic rings. The van der Waals surface area contributed by atoms with Crippen LogP contribution in [0.2, 0.25) is 0 Å². The molecule has 0 aromatic carbocycles. The molecule has 0 bridgehead atoms. The summed E-state index contributed by atoms with van der Waals surface area (Å²) < 4.78 is 2.08. The lowest BCUT2D eigenvalue weighted by atomic mass is 9.73. The summed E-state index contributed by atoms with van der Waals surface area (Å²) in [4.78, 5) is 18.2. The molecule has 3 heterocycles. The maximum Gasteiger partial charge on any atom is 0.307 e. The first-order valence-electron chi connectivity index (χ1n) is 8.20. The average molecular weight is 315 g/mol. The van der Waals surface area contributed by atoms with Gasteiger partial charge in [-0.15, -0.1) is 0 Å². The van der Waals surface area contributed by atoms with Gasteiger partial charge in [-0.25, -0.2) is 4.98 Å². The normalized spacial score (nSPS) is 23.3. The van der Waals surface area contributed by atoms with Crippen LogP contribution in [0.5, 0.6) is 0 Å². The van der Waals surface area contributed by atoms with Gasteiger partial charge in [0, 0.05) is 25.8 Å². The lowest BCUT2D eigenvalue weighted by Crippen LogP contribution is -2.46.